The lowest BCUT2D eigenvalue weighted by molar-refractivity contribution is 0.0750. The van der Waals surface area contributed by atoms with E-state index in [0.29, 0.717) is 5.92 Å². The van der Waals surface area contributed by atoms with E-state index in [0.717, 1.165) is 34.5 Å². The summed E-state index contributed by atoms with van der Waals surface area (Å²) in [6, 6.07) is 10.3. The van der Waals surface area contributed by atoms with Crippen LogP contribution in [0, 0.1) is 17.8 Å². The van der Waals surface area contributed by atoms with Crippen molar-refractivity contribution in [3.05, 3.63) is 40.7 Å². The van der Waals surface area contributed by atoms with E-state index in [-0.39, 0.29) is 6.10 Å². The third-order valence-electron chi connectivity index (χ3n) is 5.29. The molecule has 110 valence electrons. The second-order valence-corrected chi connectivity index (χ2v) is 7.55. The fraction of sp³-hybridized carbons (Fsp3) is 0.500. The van der Waals surface area contributed by atoms with Gasteiger partial charge in [-0.3, -0.25) is 0 Å². The number of thiazole rings is 1. The number of aliphatic hydroxyl groups excluding tert-OH is 1. The van der Waals surface area contributed by atoms with Gasteiger partial charge in [-0.25, -0.2) is 4.98 Å². The highest BCUT2D eigenvalue weighted by molar-refractivity contribution is 7.09. The number of hydrogen-bond donors (Lipinski definition) is 1. The Kier molecular flexibility index (Phi) is 3.56. The van der Waals surface area contributed by atoms with Gasteiger partial charge in [0.2, 0.25) is 0 Å². The first kappa shape index (κ1) is 13.5. The van der Waals surface area contributed by atoms with Crippen LogP contribution in [0.15, 0.2) is 35.7 Å². The van der Waals surface area contributed by atoms with E-state index >= 15 is 0 Å². The average Bonchev–Trinajstić information content (AvgIpc) is 3.24. The fourth-order valence-electron chi connectivity index (χ4n) is 4.24. The highest BCUT2D eigenvalue weighted by Crippen LogP contribution is 2.49. The van der Waals surface area contributed by atoms with Crippen LogP contribution in [0.25, 0.3) is 11.3 Å². The van der Waals surface area contributed by atoms with Gasteiger partial charge in [-0.05, 0) is 37.0 Å². The van der Waals surface area contributed by atoms with Gasteiger partial charge in [0.05, 0.1) is 16.8 Å². The molecule has 4 unspecified atom stereocenters. The van der Waals surface area contributed by atoms with Crippen molar-refractivity contribution in [1.29, 1.82) is 0 Å². The van der Waals surface area contributed by atoms with Crippen LogP contribution in [0.3, 0.4) is 0 Å². The Bertz CT molecular complexity index is 609. The predicted molar refractivity (Wildman–Crippen MR) is 86.2 cm³/mol. The summed E-state index contributed by atoms with van der Waals surface area (Å²) in [6.07, 6.45) is 5.85. The molecule has 0 aliphatic heterocycles. The van der Waals surface area contributed by atoms with Crippen molar-refractivity contribution in [2.24, 2.45) is 17.8 Å². The van der Waals surface area contributed by atoms with E-state index in [2.05, 4.69) is 17.5 Å². The first-order valence-corrected chi connectivity index (χ1v) is 8.85. The molecular formula is C18H21NOS. The lowest BCUT2D eigenvalue weighted by atomic mass is 9.84. The third kappa shape index (κ3) is 2.65. The van der Waals surface area contributed by atoms with Crippen LogP contribution in [0.4, 0.5) is 0 Å². The second-order valence-electron chi connectivity index (χ2n) is 6.60. The normalized spacial score (nSPS) is 28.9. The number of nitrogens with zero attached hydrogens (tertiary/aromatic N) is 1. The zero-order chi connectivity index (χ0) is 14.2. The molecule has 21 heavy (non-hydrogen) atoms. The number of fused-ring (bicyclic) bond motifs is 2. The van der Waals surface area contributed by atoms with Gasteiger partial charge >= 0.3 is 0 Å². The summed E-state index contributed by atoms with van der Waals surface area (Å²) in [5.41, 5.74) is 2.20. The largest absolute Gasteiger partial charge is 0.392 e. The maximum Gasteiger partial charge on any atom is 0.0958 e. The van der Waals surface area contributed by atoms with Gasteiger partial charge in [0, 0.05) is 17.4 Å². The van der Waals surface area contributed by atoms with Gasteiger partial charge in [0.15, 0.2) is 0 Å². The van der Waals surface area contributed by atoms with E-state index in [1.54, 1.807) is 11.3 Å². The van der Waals surface area contributed by atoms with E-state index < -0.39 is 0 Å². The number of aliphatic hydroxyl groups is 1. The Morgan fingerprint density at radius 3 is 2.76 bits per heavy atom. The lowest BCUT2D eigenvalue weighted by Gasteiger charge is -2.26. The summed E-state index contributed by atoms with van der Waals surface area (Å²) >= 11 is 1.68. The molecule has 2 fully saturated rings. The number of hydrogen-bond acceptors (Lipinski definition) is 3. The van der Waals surface area contributed by atoms with E-state index in [1.165, 1.54) is 25.7 Å². The molecule has 2 saturated carbocycles. The molecule has 1 heterocycles. The Balaban J connectivity index is 1.44. The molecule has 4 atom stereocenters. The smallest absolute Gasteiger partial charge is 0.0958 e. The molecule has 2 aromatic rings. The van der Waals surface area contributed by atoms with E-state index in [9.17, 15) is 5.11 Å². The quantitative estimate of drug-likeness (QED) is 0.920. The van der Waals surface area contributed by atoms with Gasteiger partial charge in [0.1, 0.15) is 0 Å². The monoisotopic (exact) mass is 299 g/mol. The Morgan fingerprint density at radius 1 is 1.19 bits per heavy atom. The van der Waals surface area contributed by atoms with Crippen molar-refractivity contribution < 1.29 is 5.11 Å². The first-order valence-electron chi connectivity index (χ1n) is 7.97. The maximum atomic E-state index is 10.6. The molecule has 0 radical (unpaired) electrons. The molecular weight excluding hydrogens is 278 g/mol. The Hall–Kier alpha value is -1.19. The van der Waals surface area contributed by atoms with Crippen LogP contribution in [0.2, 0.25) is 0 Å². The van der Waals surface area contributed by atoms with Crippen molar-refractivity contribution in [3.8, 4) is 11.3 Å². The molecule has 2 nitrogen and oxygen atoms in total. The summed E-state index contributed by atoms with van der Waals surface area (Å²) in [4.78, 5) is 4.71. The summed E-state index contributed by atoms with van der Waals surface area (Å²) < 4.78 is 0. The van der Waals surface area contributed by atoms with Crippen molar-refractivity contribution in [1.82, 2.24) is 4.98 Å². The molecule has 2 bridgehead atoms. The lowest BCUT2D eigenvalue weighted by Crippen LogP contribution is -2.27. The molecule has 2 aliphatic rings. The van der Waals surface area contributed by atoms with Crippen molar-refractivity contribution in [3.63, 3.8) is 0 Å². The minimum atomic E-state index is -0.199. The molecule has 2 aliphatic carbocycles. The summed E-state index contributed by atoms with van der Waals surface area (Å²) in [6.45, 7) is 0. The van der Waals surface area contributed by atoms with Crippen LogP contribution in [-0.4, -0.2) is 16.2 Å². The minimum absolute atomic E-state index is 0.199. The number of aromatic nitrogens is 1. The second kappa shape index (κ2) is 5.54. The van der Waals surface area contributed by atoms with Crippen LogP contribution in [-0.2, 0) is 6.42 Å². The molecule has 1 aromatic carbocycles. The van der Waals surface area contributed by atoms with Crippen molar-refractivity contribution in [2.45, 2.75) is 38.2 Å². The minimum Gasteiger partial charge on any atom is -0.392 e. The fourth-order valence-corrected chi connectivity index (χ4v) is 5.10. The van der Waals surface area contributed by atoms with Crippen molar-refractivity contribution in [2.75, 3.05) is 0 Å². The molecule has 1 N–H and O–H groups in total. The van der Waals surface area contributed by atoms with Gasteiger partial charge < -0.3 is 5.11 Å². The van der Waals surface area contributed by atoms with E-state index in [4.69, 9.17) is 4.98 Å². The van der Waals surface area contributed by atoms with Gasteiger partial charge in [0.25, 0.3) is 0 Å². The number of rotatable bonds is 4. The molecule has 1 aromatic heterocycles. The summed E-state index contributed by atoms with van der Waals surface area (Å²) in [5.74, 6) is 2.19. The van der Waals surface area contributed by atoms with Crippen LogP contribution in [0.1, 0.15) is 30.7 Å². The van der Waals surface area contributed by atoms with Gasteiger partial charge in [-0.2, -0.15) is 0 Å². The molecule has 0 amide bonds. The van der Waals surface area contributed by atoms with Crippen LogP contribution >= 0.6 is 11.3 Å². The van der Waals surface area contributed by atoms with Crippen LogP contribution in [0.5, 0.6) is 0 Å². The molecule has 4 rings (SSSR count). The molecule has 0 spiro atoms. The zero-order valence-corrected chi connectivity index (χ0v) is 12.9. The SMILES string of the molecule is OC(Cc1nc(-c2ccccc2)cs1)C1CC2CCC1C2. The maximum absolute atomic E-state index is 10.6. The third-order valence-corrected chi connectivity index (χ3v) is 6.16. The van der Waals surface area contributed by atoms with Crippen LogP contribution < -0.4 is 0 Å². The molecule has 3 heteroatoms. The van der Waals surface area contributed by atoms with Gasteiger partial charge in [-0.15, -0.1) is 11.3 Å². The summed E-state index contributed by atoms with van der Waals surface area (Å²) in [5, 5.41) is 13.8. The van der Waals surface area contributed by atoms with Gasteiger partial charge in [-0.1, -0.05) is 36.8 Å². The van der Waals surface area contributed by atoms with Crippen molar-refractivity contribution >= 4 is 11.3 Å². The first-order chi connectivity index (χ1) is 10.3. The Morgan fingerprint density at radius 2 is 2.05 bits per heavy atom. The van der Waals surface area contributed by atoms with E-state index in [1.807, 2.05) is 18.2 Å². The highest BCUT2D eigenvalue weighted by Gasteiger charge is 2.42. The molecule has 0 saturated heterocycles. The highest BCUT2D eigenvalue weighted by atomic mass is 32.1. The standard InChI is InChI=1S/C18H21NOS/c20-17(15-9-12-6-7-14(15)8-12)10-18-19-16(11-21-18)13-4-2-1-3-5-13/h1-5,11-12,14-15,17,20H,6-10H2. The average molecular weight is 299 g/mol. The topological polar surface area (TPSA) is 33.1 Å². The zero-order valence-electron chi connectivity index (χ0n) is 12.1. The summed E-state index contributed by atoms with van der Waals surface area (Å²) in [7, 11) is 0. The predicted octanol–water partition coefficient (Wildman–Crippen LogP) is 4.15. The Labute approximate surface area is 129 Å². The number of benzene rings is 1.